The van der Waals surface area contributed by atoms with Crippen LogP contribution in [0.2, 0.25) is 0 Å². The number of ether oxygens (including phenoxy) is 1. The molecule has 0 aliphatic carbocycles. The van der Waals surface area contributed by atoms with Gasteiger partial charge in [0.2, 0.25) is 5.95 Å². The molecule has 172 valence electrons. The van der Waals surface area contributed by atoms with E-state index in [2.05, 4.69) is 37.8 Å². The van der Waals surface area contributed by atoms with Crippen molar-refractivity contribution in [1.82, 2.24) is 20.1 Å². The van der Waals surface area contributed by atoms with E-state index in [9.17, 15) is 14.3 Å². The molecule has 0 radical (unpaired) electrons. The average Bonchev–Trinajstić information content (AvgIpc) is 2.80. The van der Waals surface area contributed by atoms with E-state index in [4.69, 9.17) is 10.5 Å². The van der Waals surface area contributed by atoms with Crippen LogP contribution in [-0.4, -0.2) is 51.8 Å². The van der Waals surface area contributed by atoms with Crippen LogP contribution in [0.5, 0.6) is 5.75 Å². The number of nitrogens with two attached hydrogens (primary N) is 1. The number of nitrogens with zero attached hydrogens (tertiary/aromatic N) is 4. The Hall–Kier alpha value is -3.83. The highest BCUT2D eigenvalue weighted by Crippen LogP contribution is 2.33. The lowest BCUT2D eigenvalue weighted by molar-refractivity contribution is 0.0995. The fraction of sp³-hybridized carbons (Fsp3) is 0.273. The maximum atomic E-state index is 14.4. The van der Waals surface area contributed by atoms with Gasteiger partial charge in [0.25, 0.3) is 5.91 Å². The molecule has 1 aliphatic heterocycles. The minimum absolute atomic E-state index is 0.0376. The molecule has 1 aliphatic rings. The topological polar surface area (TPSA) is 139 Å². The van der Waals surface area contributed by atoms with Gasteiger partial charge in [0, 0.05) is 18.7 Å². The van der Waals surface area contributed by atoms with Crippen molar-refractivity contribution in [2.24, 2.45) is 5.73 Å². The number of benzene rings is 2. The lowest BCUT2D eigenvalue weighted by atomic mass is 9.99. The molecule has 4 rings (SSSR count). The summed E-state index contributed by atoms with van der Waals surface area (Å²) in [5.74, 6) is -0.973. The highest BCUT2D eigenvalue weighted by atomic mass is 19.1. The molecule has 1 aromatic heterocycles. The summed E-state index contributed by atoms with van der Waals surface area (Å²) < 4.78 is 19.9. The van der Waals surface area contributed by atoms with Gasteiger partial charge in [0.1, 0.15) is 11.6 Å². The Morgan fingerprint density at radius 2 is 2.09 bits per heavy atom. The summed E-state index contributed by atoms with van der Waals surface area (Å²) in [6.07, 6.45) is 0.883. The summed E-state index contributed by atoms with van der Waals surface area (Å²) in [5, 5.41) is 23.1. The molecule has 10 nitrogen and oxygen atoms in total. The number of anilines is 4. The zero-order chi connectivity index (χ0) is 23.5. The van der Waals surface area contributed by atoms with Gasteiger partial charge in [-0.1, -0.05) is 12.1 Å². The number of nitrogens with one attached hydrogen (secondary N) is 2. The summed E-state index contributed by atoms with van der Waals surface area (Å²) in [7, 11) is 3.63. The molecule has 0 atom stereocenters. The lowest BCUT2D eigenvalue weighted by Gasteiger charge is -2.26. The monoisotopic (exact) mass is 453 g/mol. The Morgan fingerprint density at radius 1 is 1.27 bits per heavy atom. The van der Waals surface area contributed by atoms with Crippen LogP contribution < -0.4 is 21.1 Å². The van der Waals surface area contributed by atoms with E-state index in [1.165, 1.54) is 23.3 Å². The zero-order valence-corrected chi connectivity index (χ0v) is 18.2. The molecule has 1 amide bonds. The summed E-state index contributed by atoms with van der Waals surface area (Å²) in [6.45, 7) is 1.34. The fourth-order valence-electron chi connectivity index (χ4n) is 3.71. The number of aliphatic hydroxyl groups is 1. The van der Waals surface area contributed by atoms with Crippen LogP contribution in [0.25, 0.3) is 0 Å². The van der Waals surface area contributed by atoms with Gasteiger partial charge in [-0.05, 0) is 42.8 Å². The van der Waals surface area contributed by atoms with Gasteiger partial charge in [-0.15, -0.1) is 10.2 Å². The summed E-state index contributed by atoms with van der Waals surface area (Å²) in [5.41, 5.74) is 8.35. The molecule has 0 spiro atoms. The highest BCUT2D eigenvalue weighted by Gasteiger charge is 2.20. The smallest absolute Gasteiger partial charge is 0.273 e. The molecule has 3 aromatic rings. The minimum Gasteiger partial charge on any atom is -0.495 e. The molecule has 5 N–H and O–H groups in total. The average molecular weight is 453 g/mol. The van der Waals surface area contributed by atoms with E-state index >= 15 is 0 Å². The van der Waals surface area contributed by atoms with Gasteiger partial charge in [-0.25, -0.2) is 4.39 Å². The molecule has 33 heavy (non-hydrogen) atoms. The van der Waals surface area contributed by atoms with E-state index in [0.717, 1.165) is 19.5 Å². The second-order valence-electron chi connectivity index (χ2n) is 7.69. The first-order valence-corrected chi connectivity index (χ1v) is 10.2. The first kappa shape index (κ1) is 22.4. The number of primary amides is 1. The van der Waals surface area contributed by atoms with Crippen LogP contribution in [0.4, 0.5) is 27.5 Å². The fourth-order valence-corrected chi connectivity index (χ4v) is 3.71. The number of likely N-dealkylation sites (N-methyl/N-ethyl adjacent to an activating group) is 1. The Labute approximate surface area is 189 Å². The number of para-hydroxylation sites is 1. The highest BCUT2D eigenvalue weighted by molar-refractivity contribution is 5.96. The third-order valence-corrected chi connectivity index (χ3v) is 5.41. The van der Waals surface area contributed by atoms with E-state index < -0.39 is 18.3 Å². The molecule has 0 saturated carbocycles. The van der Waals surface area contributed by atoms with Crippen LogP contribution in [0.1, 0.15) is 27.2 Å². The molecule has 0 bridgehead atoms. The number of halogens is 1. The number of hydrogen-bond acceptors (Lipinski definition) is 9. The van der Waals surface area contributed by atoms with Crippen molar-refractivity contribution in [3.8, 4) is 5.75 Å². The van der Waals surface area contributed by atoms with Gasteiger partial charge in [-0.2, -0.15) is 4.98 Å². The van der Waals surface area contributed by atoms with Crippen molar-refractivity contribution >= 4 is 29.0 Å². The van der Waals surface area contributed by atoms with Gasteiger partial charge in [-0.3, -0.25) is 4.79 Å². The molecule has 2 aromatic carbocycles. The van der Waals surface area contributed by atoms with Crippen LogP contribution in [0, 0.1) is 5.82 Å². The quantitative estimate of drug-likeness (QED) is 0.423. The maximum Gasteiger partial charge on any atom is 0.273 e. The molecule has 0 unspecified atom stereocenters. The van der Waals surface area contributed by atoms with Crippen molar-refractivity contribution in [3.63, 3.8) is 0 Å². The molecule has 11 heteroatoms. The Morgan fingerprint density at radius 3 is 2.82 bits per heavy atom. The van der Waals surface area contributed by atoms with Gasteiger partial charge >= 0.3 is 0 Å². The number of aromatic nitrogens is 3. The predicted octanol–water partition coefficient (Wildman–Crippen LogP) is 2.09. The standard InChI is InChI=1S/C22H24FN7O3/c1-30-7-6-12-8-16(17(33-2)9-14(12)10-30)25-22-27-21(19(20(24)32)28-29-22)26-18-13(11-31)4-3-5-15(18)23/h3-5,8-9,31H,6-7,10-11H2,1-2H3,(H2,24,32)(H2,25,26,27,29). The van der Waals surface area contributed by atoms with Crippen LogP contribution >= 0.6 is 0 Å². The van der Waals surface area contributed by atoms with Crippen molar-refractivity contribution in [3.05, 3.63) is 58.5 Å². The van der Waals surface area contributed by atoms with E-state index in [1.54, 1.807) is 13.2 Å². The molecule has 0 fully saturated rings. The number of rotatable bonds is 7. The normalized spacial score (nSPS) is 13.3. The number of aliphatic hydroxyl groups excluding tert-OH is 1. The van der Waals surface area contributed by atoms with Crippen molar-refractivity contribution in [2.45, 2.75) is 19.6 Å². The van der Waals surface area contributed by atoms with E-state index in [0.29, 0.717) is 11.4 Å². The van der Waals surface area contributed by atoms with E-state index in [-0.39, 0.29) is 28.7 Å². The van der Waals surface area contributed by atoms with Crippen molar-refractivity contribution < 1.29 is 19.0 Å². The lowest BCUT2D eigenvalue weighted by Crippen LogP contribution is -2.26. The minimum atomic E-state index is -0.888. The second kappa shape index (κ2) is 9.35. The third-order valence-electron chi connectivity index (χ3n) is 5.41. The van der Waals surface area contributed by atoms with Crippen LogP contribution in [0.3, 0.4) is 0 Å². The SMILES string of the molecule is COc1cc2c(cc1Nc1nnc(C(N)=O)c(Nc3c(F)cccc3CO)n1)CCN(C)C2. The Balaban J connectivity index is 1.70. The van der Waals surface area contributed by atoms with Crippen LogP contribution in [0.15, 0.2) is 30.3 Å². The largest absolute Gasteiger partial charge is 0.495 e. The Bertz CT molecular complexity index is 1200. The number of fused-ring (bicyclic) bond motifs is 1. The first-order valence-electron chi connectivity index (χ1n) is 10.2. The first-order chi connectivity index (χ1) is 15.9. The molecular weight excluding hydrogens is 429 g/mol. The second-order valence-corrected chi connectivity index (χ2v) is 7.69. The van der Waals surface area contributed by atoms with Gasteiger partial charge in [0.05, 0.1) is 25.1 Å². The van der Waals surface area contributed by atoms with E-state index in [1.807, 2.05) is 12.1 Å². The zero-order valence-electron chi connectivity index (χ0n) is 18.2. The summed E-state index contributed by atoms with van der Waals surface area (Å²) in [6, 6.07) is 8.16. The number of amides is 1. The number of carbonyl (C=O) groups excluding carboxylic acids is 1. The number of hydrogen-bond donors (Lipinski definition) is 4. The predicted molar refractivity (Wildman–Crippen MR) is 120 cm³/mol. The third kappa shape index (κ3) is 4.69. The maximum absolute atomic E-state index is 14.4. The van der Waals surface area contributed by atoms with Crippen LogP contribution in [-0.2, 0) is 19.6 Å². The van der Waals surface area contributed by atoms with Gasteiger partial charge in [0.15, 0.2) is 11.5 Å². The number of methoxy groups -OCH3 is 1. The van der Waals surface area contributed by atoms with Crippen molar-refractivity contribution in [2.75, 3.05) is 31.3 Å². The molecule has 0 saturated heterocycles. The number of carbonyl (C=O) groups is 1. The Kier molecular flexibility index (Phi) is 6.33. The molecular formula is C22H24FN7O3. The summed E-state index contributed by atoms with van der Waals surface area (Å²) >= 11 is 0. The van der Waals surface area contributed by atoms with Crippen molar-refractivity contribution in [1.29, 1.82) is 0 Å². The molecule has 2 heterocycles. The van der Waals surface area contributed by atoms with Gasteiger partial charge < -0.3 is 31.1 Å². The summed E-state index contributed by atoms with van der Waals surface area (Å²) in [4.78, 5) is 18.4.